The van der Waals surface area contributed by atoms with E-state index >= 15 is 0 Å². The number of carbonyl (C=O) groups is 1. The van der Waals surface area contributed by atoms with E-state index in [-0.39, 0.29) is 6.10 Å². The third-order valence-electron chi connectivity index (χ3n) is 4.00. The minimum atomic E-state index is -0.492. The Kier molecular flexibility index (Phi) is 11.5. The Balaban J connectivity index is 2.65. The summed E-state index contributed by atoms with van der Waals surface area (Å²) in [5.74, 6) is 0.631. The lowest BCUT2D eigenvalue weighted by atomic mass is 10.3. The van der Waals surface area contributed by atoms with E-state index in [1.54, 1.807) is 6.07 Å². The van der Waals surface area contributed by atoms with Gasteiger partial charge in [-0.15, -0.1) is 0 Å². The number of carbonyl (C=O) groups excluding carboxylic acids is 1. The summed E-state index contributed by atoms with van der Waals surface area (Å²) < 4.78 is 16.8. The SMILES string of the molecule is CCCCOCC(CN(CC)CC)OC(=O)Nc1ccccc1OCC. The smallest absolute Gasteiger partial charge is 0.412 e. The van der Waals surface area contributed by atoms with Gasteiger partial charge in [0.25, 0.3) is 0 Å². The average Bonchev–Trinajstić information content (AvgIpc) is 2.64. The van der Waals surface area contributed by atoms with Gasteiger partial charge in [0.1, 0.15) is 11.9 Å². The summed E-state index contributed by atoms with van der Waals surface area (Å²) >= 11 is 0. The van der Waals surface area contributed by atoms with E-state index in [4.69, 9.17) is 14.2 Å². The number of benzene rings is 1. The molecule has 0 heterocycles. The number of rotatable bonds is 13. The molecule has 0 aliphatic heterocycles. The molecule has 0 aromatic heterocycles. The number of anilines is 1. The average molecular weight is 367 g/mol. The van der Waals surface area contributed by atoms with Gasteiger partial charge in [-0.05, 0) is 38.6 Å². The van der Waals surface area contributed by atoms with E-state index in [9.17, 15) is 4.79 Å². The van der Waals surface area contributed by atoms with Gasteiger partial charge in [0, 0.05) is 13.2 Å². The molecule has 1 aromatic rings. The molecule has 0 aliphatic rings. The molecule has 1 atom stereocenters. The molecule has 1 unspecified atom stereocenters. The second kappa shape index (κ2) is 13.4. The highest BCUT2D eigenvalue weighted by Gasteiger charge is 2.18. The Morgan fingerprint density at radius 2 is 1.88 bits per heavy atom. The van der Waals surface area contributed by atoms with Crippen LogP contribution in [-0.2, 0) is 9.47 Å². The van der Waals surface area contributed by atoms with Crippen LogP contribution in [0.4, 0.5) is 10.5 Å². The van der Waals surface area contributed by atoms with Gasteiger partial charge in [-0.25, -0.2) is 4.79 Å². The Morgan fingerprint density at radius 1 is 1.15 bits per heavy atom. The molecule has 1 rings (SSSR count). The number of hydrogen-bond donors (Lipinski definition) is 1. The van der Waals surface area contributed by atoms with Crippen LogP contribution in [0, 0.1) is 0 Å². The summed E-state index contributed by atoms with van der Waals surface area (Å²) in [6.07, 6.45) is 1.28. The highest BCUT2D eigenvalue weighted by Crippen LogP contribution is 2.23. The molecule has 0 spiro atoms. The maximum Gasteiger partial charge on any atom is 0.412 e. The Labute approximate surface area is 157 Å². The topological polar surface area (TPSA) is 60.0 Å². The quantitative estimate of drug-likeness (QED) is 0.531. The van der Waals surface area contributed by atoms with E-state index in [0.717, 1.165) is 25.9 Å². The highest BCUT2D eigenvalue weighted by molar-refractivity contribution is 5.86. The number of likely N-dealkylation sites (N-methyl/N-ethyl adjacent to an activating group) is 1. The molecule has 6 heteroatoms. The maximum atomic E-state index is 12.4. The van der Waals surface area contributed by atoms with Gasteiger partial charge in [-0.1, -0.05) is 39.3 Å². The van der Waals surface area contributed by atoms with E-state index in [1.807, 2.05) is 25.1 Å². The van der Waals surface area contributed by atoms with Gasteiger partial charge in [-0.2, -0.15) is 0 Å². The second-order valence-electron chi connectivity index (χ2n) is 6.00. The van der Waals surface area contributed by atoms with Crippen molar-refractivity contribution in [2.24, 2.45) is 0 Å². The first-order valence-electron chi connectivity index (χ1n) is 9.64. The van der Waals surface area contributed by atoms with Crippen molar-refractivity contribution in [1.29, 1.82) is 0 Å². The van der Waals surface area contributed by atoms with Crippen LogP contribution in [0.1, 0.15) is 40.5 Å². The Bertz CT molecular complexity index is 506. The van der Waals surface area contributed by atoms with Gasteiger partial charge < -0.3 is 19.1 Å². The van der Waals surface area contributed by atoms with Crippen molar-refractivity contribution in [3.63, 3.8) is 0 Å². The van der Waals surface area contributed by atoms with Crippen molar-refractivity contribution in [2.45, 2.75) is 46.6 Å². The fraction of sp³-hybridized carbons (Fsp3) is 0.650. The van der Waals surface area contributed by atoms with Crippen LogP contribution in [0.15, 0.2) is 24.3 Å². The molecule has 1 aromatic carbocycles. The Hall–Kier alpha value is -1.79. The van der Waals surface area contributed by atoms with E-state index in [2.05, 4.69) is 31.0 Å². The molecule has 1 amide bonds. The predicted octanol–water partition coefficient (Wildman–Crippen LogP) is 4.16. The van der Waals surface area contributed by atoms with Gasteiger partial charge in [0.05, 0.1) is 18.9 Å². The lowest BCUT2D eigenvalue weighted by Gasteiger charge is -2.25. The van der Waals surface area contributed by atoms with Gasteiger partial charge in [0.2, 0.25) is 0 Å². The van der Waals surface area contributed by atoms with Crippen LogP contribution in [0.3, 0.4) is 0 Å². The minimum Gasteiger partial charge on any atom is -0.492 e. The molecule has 0 radical (unpaired) electrons. The molecule has 26 heavy (non-hydrogen) atoms. The molecular weight excluding hydrogens is 332 g/mol. The van der Waals surface area contributed by atoms with Gasteiger partial charge >= 0.3 is 6.09 Å². The normalized spacial score (nSPS) is 12.0. The number of nitrogens with one attached hydrogen (secondary N) is 1. The number of hydrogen-bond acceptors (Lipinski definition) is 5. The molecule has 0 bridgehead atoms. The first kappa shape index (κ1) is 22.3. The number of unbranched alkanes of at least 4 members (excludes halogenated alkanes) is 1. The molecule has 0 saturated carbocycles. The minimum absolute atomic E-state index is 0.314. The highest BCUT2D eigenvalue weighted by atomic mass is 16.6. The molecule has 0 aliphatic carbocycles. The zero-order valence-electron chi connectivity index (χ0n) is 16.6. The second-order valence-corrected chi connectivity index (χ2v) is 6.00. The lowest BCUT2D eigenvalue weighted by molar-refractivity contribution is 0.00804. The third kappa shape index (κ3) is 8.54. The van der Waals surface area contributed by atoms with Crippen molar-refractivity contribution >= 4 is 11.8 Å². The van der Waals surface area contributed by atoms with Crippen LogP contribution < -0.4 is 10.1 Å². The van der Waals surface area contributed by atoms with Crippen LogP contribution in [-0.4, -0.2) is 56.6 Å². The molecule has 6 nitrogen and oxygen atoms in total. The lowest BCUT2D eigenvalue weighted by Crippen LogP contribution is -2.38. The van der Waals surface area contributed by atoms with E-state index < -0.39 is 6.09 Å². The third-order valence-corrected chi connectivity index (χ3v) is 4.00. The van der Waals surface area contributed by atoms with Crippen molar-refractivity contribution in [2.75, 3.05) is 44.8 Å². The van der Waals surface area contributed by atoms with E-state index in [1.165, 1.54) is 0 Å². The van der Waals surface area contributed by atoms with Crippen molar-refractivity contribution in [3.8, 4) is 5.75 Å². The number of para-hydroxylation sites is 2. The summed E-state index contributed by atoms with van der Waals surface area (Å²) in [4.78, 5) is 14.6. The van der Waals surface area contributed by atoms with Crippen LogP contribution in [0.5, 0.6) is 5.75 Å². The van der Waals surface area contributed by atoms with Gasteiger partial charge in [0.15, 0.2) is 0 Å². The number of ether oxygens (including phenoxy) is 3. The van der Waals surface area contributed by atoms with Crippen molar-refractivity contribution < 1.29 is 19.0 Å². The first-order valence-corrected chi connectivity index (χ1v) is 9.64. The predicted molar refractivity (Wildman–Crippen MR) is 105 cm³/mol. The zero-order valence-corrected chi connectivity index (χ0v) is 16.6. The summed E-state index contributed by atoms with van der Waals surface area (Å²) in [6.45, 7) is 12.3. The summed E-state index contributed by atoms with van der Waals surface area (Å²) in [6, 6.07) is 7.33. The van der Waals surface area contributed by atoms with Crippen molar-refractivity contribution in [1.82, 2.24) is 4.90 Å². The molecule has 0 fully saturated rings. The molecule has 148 valence electrons. The van der Waals surface area contributed by atoms with Crippen molar-refractivity contribution in [3.05, 3.63) is 24.3 Å². The summed E-state index contributed by atoms with van der Waals surface area (Å²) in [5.41, 5.74) is 0.604. The van der Waals surface area contributed by atoms with E-state index in [0.29, 0.717) is 37.8 Å². The van der Waals surface area contributed by atoms with Crippen LogP contribution in [0.2, 0.25) is 0 Å². The largest absolute Gasteiger partial charge is 0.492 e. The van der Waals surface area contributed by atoms with Crippen LogP contribution in [0.25, 0.3) is 0 Å². The number of nitrogens with zero attached hydrogens (tertiary/aromatic N) is 1. The Morgan fingerprint density at radius 3 is 2.54 bits per heavy atom. The monoisotopic (exact) mass is 366 g/mol. The summed E-state index contributed by atoms with van der Waals surface area (Å²) in [7, 11) is 0. The first-order chi connectivity index (χ1) is 12.6. The summed E-state index contributed by atoms with van der Waals surface area (Å²) in [5, 5.41) is 2.78. The zero-order chi connectivity index (χ0) is 19.2. The maximum absolute atomic E-state index is 12.4. The van der Waals surface area contributed by atoms with Crippen LogP contribution >= 0.6 is 0 Å². The molecule has 0 saturated heterocycles. The molecule has 1 N–H and O–H groups in total. The fourth-order valence-electron chi connectivity index (χ4n) is 2.50. The van der Waals surface area contributed by atoms with Gasteiger partial charge in [-0.3, -0.25) is 5.32 Å². The number of amides is 1. The standard InChI is InChI=1S/C20H34N2O4/c1-5-9-14-24-16-17(15-22(6-2)7-3)26-20(23)21-18-12-10-11-13-19(18)25-8-4/h10-13,17H,5-9,14-16H2,1-4H3,(H,21,23). The molecular formula is C20H34N2O4. The fourth-order valence-corrected chi connectivity index (χ4v) is 2.50.